The number of aromatic nitrogens is 3. The summed E-state index contributed by atoms with van der Waals surface area (Å²) >= 11 is 0. The molecule has 2 fully saturated rings. The molecule has 144 valence electrons. The number of nitrogen functional groups attached to an aromatic ring is 2. The van der Waals surface area contributed by atoms with Gasteiger partial charge in [-0.2, -0.15) is 20.2 Å². The summed E-state index contributed by atoms with van der Waals surface area (Å²) in [5.41, 5.74) is 10.8. The number of nitrogens with two attached hydrogens (primary N) is 2. The molecule has 0 amide bonds. The van der Waals surface area contributed by atoms with Crippen LogP contribution >= 0.6 is 0 Å². The lowest BCUT2D eigenvalue weighted by molar-refractivity contribution is -0.300. The first kappa shape index (κ1) is 19.2. The van der Waals surface area contributed by atoms with Crippen LogP contribution in [0, 0.1) is 16.7 Å². The molecule has 3 rings (SSSR count). The van der Waals surface area contributed by atoms with Crippen LogP contribution in [0.5, 0.6) is 0 Å². The van der Waals surface area contributed by atoms with E-state index < -0.39 is 0 Å². The second kappa shape index (κ2) is 8.88. The van der Waals surface area contributed by atoms with Crippen molar-refractivity contribution < 1.29 is 18.9 Å². The molecule has 2 aliphatic rings. The largest absolute Gasteiger partial charge is 0.368 e. The summed E-state index contributed by atoms with van der Waals surface area (Å²) in [4.78, 5) is 11.7. The second-order valence-corrected chi connectivity index (χ2v) is 6.42. The van der Waals surface area contributed by atoms with E-state index in [1.165, 1.54) is 6.08 Å². The Bertz CT molecular complexity index is 709. The zero-order chi connectivity index (χ0) is 19.1. The highest BCUT2D eigenvalue weighted by atomic mass is 16.7. The van der Waals surface area contributed by atoms with E-state index in [0.717, 1.165) is 0 Å². The van der Waals surface area contributed by atoms with Crippen LogP contribution in [0.15, 0.2) is 18.2 Å². The van der Waals surface area contributed by atoms with Crippen molar-refractivity contribution in [3.8, 4) is 6.07 Å². The molecule has 10 heteroatoms. The molecule has 4 N–H and O–H groups in total. The summed E-state index contributed by atoms with van der Waals surface area (Å²) < 4.78 is 23.0. The average molecular weight is 374 g/mol. The van der Waals surface area contributed by atoms with E-state index in [1.807, 2.05) is 12.1 Å². The van der Waals surface area contributed by atoms with Crippen LogP contribution in [0.3, 0.4) is 0 Å². The van der Waals surface area contributed by atoms with E-state index in [1.54, 1.807) is 12.2 Å². The minimum Gasteiger partial charge on any atom is -0.368 e. The Morgan fingerprint density at radius 3 is 1.96 bits per heavy atom. The first-order chi connectivity index (χ1) is 13.1. The predicted molar refractivity (Wildman–Crippen MR) is 95.5 cm³/mol. The minimum atomic E-state index is -0.361. The van der Waals surface area contributed by atoms with E-state index in [-0.39, 0.29) is 29.9 Å². The molecule has 1 aromatic heterocycles. The first-order valence-corrected chi connectivity index (χ1v) is 8.53. The third kappa shape index (κ3) is 5.45. The standard InChI is InChI=1S/C17H22N6O4/c18-7-2-1-5-13-24-8-17(9-25-13)10-26-14(27-11-17)6-3-4-12-21-15(19)23-16(20)22-12/h1-4,13-14H,5-6,8-11H2,(H4,19,20,21,22,23). The summed E-state index contributed by atoms with van der Waals surface area (Å²) in [5, 5.41) is 8.49. The van der Waals surface area contributed by atoms with E-state index in [9.17, 15) is 0 Å². The molecule has 0 saturated carbocycles. The van der Waals surface area contributed by atoms with Gasteiger partial charge in [0.2, 0.25) is 11.9 Å². The molecular formula is C17H22N6O4. The number of hydrogen-bond acceptors (Lipinski definition) is 10. The third-order valence-corrected chi connectivity index (χ3v) is 4.11. The lowest BCUT2D eigenvalue weighted by Crippen LogP contribution is -2.52. The normalized spacial score (nSPS) is 28.7. The van der Waals surface area contributed by atoms with Crippen molar-refractivity contribution in [3.63, 3.8) is 0 Å². The van der Waals surface area contributed by atoms with Crippen LogP contribution in [0.25, 0.3) is 6.08 Å². The molecule has 27 heavy (non-hydrogen) atoms. The zero-order valence-electron chi connectivity index (χ0n) is 14.8. The fourth-order valence-electron chi connectivity index (χ4n) is 2.72. The van der Waals surface area contributed by atoms with Crippen LogP contribution < -0.4 is 11.5 Å². The molecule has 3 heterocycles. The van der Waals surface area contributed by atoms with Gasteiger partial charge in [0, 0.05) is 18.9 Å². The first-order valence-electron chi connectivity index (χ1n) is 8.53. The minimum absolute atomic E-state index is 0.0768. The van der Waals surface area contributed by atoms with Crippen molar-refractivity contribution in [2.75, 3.05) is 37.9 Å². The Hall–Kier alpha value is -2.58. The molecule has 0 aliphatic carbocycles. The molecule has 10 nitrogen and oxygen atoms in total. The lowest BCUT2D eigenvalue weighted by atomic mass is 9.90. The SMILES string of the molecule is N#CC=CCC1OCC2(CO1)COC(CC=Cc1nc(N)nc(N)n1)OC2. The molecule has 0 unspecified atom stereocenters. The van der Waals surface area contributed by atoms with Gasteiger partial charge in [-0.05, 0) is 6.08 Å². The highest BCUT2D eigenvalue weighted by Gasteiger charge is 2.41. The van der Waals surface area contributed by atoms with E-state index in [0.29, 0.717) is 45.1 Å². The summed E-state index contributed by atoms with van der Waals surface area (Å²) in [7, 11) is 0. The van der Waals surface area contributed by atoms with Gasteiger partial charge in [0.1, 0.15) is 0 Å². The molecule has 0 radical (unpaired) electrons. The smallest absolute Gasteiger partial charge is 0.225 e. The second-order valence-electron chi connectivity index (χ2n) is 6.42. The van der Waals surface area contributed by atoms with Crippen LogP contribution in [0.1, 0.15) is 18.7 Å². The van der Waals surface area contributed by atoms with Crippen LogP contribution in [0.2, 0.25) is 0 Å². The fourth-order valence-corrected chi connectivity index (χ4v) is 2.72. The fraction of sp³-hybridized carbons (Fsp3) is 0.529. The van der Waals surface area contributed by atoms with Crippen LogP contribution in [-0.4, -0.2) is 54.0 Å². The highest BCUT2D eigenvalue weighted by Crippen LogP contribution is 2.31. The quantitative estimate of drug-likeness (QED) is 0.702. The maximum atomic E-state index is 8.49. The van der Waals surface area contributed by atoms with Crippen molar-refractivity contribution in [2.45, 2.75) is 25.4 Å². The Balaban J connectivity index is 1.42. The van der Waals surface area contributed by atoms with Gasteiger partial charge < -0.3 is 30.4 Å². The maximum absolute atomic E-state index is 8.49. The molecule has 2 aliphatic heterocycles. The lowest BCUT2D eigenvalue weighted by Gasteiger charge is -2.43. The van der Waals surface area contributed by atoms with Gasteiger partial charge in [0.15, 0.2) is 18.4 Å². The molecule has 0 aromatic carbocycles. The number of allylic oxidation sites excluding steroid dienone is 1. The van der Waals surface area contributed by atoms with Crippen molar-refractivity contribution in [1.82, 2.24) is 15.0 Å². The van der Waals surface area contributed by atoms with Gasteiger partial charge in [0.25, 0.3) is 0 Å². The number of anilines is 2. The summed E-state index contributed by atoms with van der Waals surface area (Å²) in [6.07, 6.45) is 7.06. The van der Waals surface area contributed by atoms with Crippen LogP contribution in [-0.2, 0) is 18.9 Å². The molecular weight excluding hydrogens is 352 g/mol. The van der Waals surface area contributed by atoms with E-state index in [4.69, 9.17) is 35.7 Å². The number of hydrogen-bond donors (Lipinski definition) is 2. The molecule has 0 atom stereocenters. The van der Waals surface area contributed by atoms with Gasteiger partial charge in [-0.25, -0.2) is 0 Å². The van der Waals surface area contributed by atoms with Gasteiger partial charge in [-0.3, -0.25) is 0 Å². The third-order valence-electron chi connectivity index (χ3n) is 4.11. The average Bonchev–Trinajstić information content (AvgIpc) is 2.65. The van der Waals surface area contributed by atoms with Crippen molar-refractivity contribution in [2.24, 2.45) is 5.41 Å². The Morgan fingerprint density at radius 2 is 1.44 bits per heavy atom. The van der Waals surface area contributed by atoms with Gasteiger partial charge in [-0.1, -0.05) is 12.2 Å². The van der Waals surface area contributed by atoms with Gasteiger partial charge in [-0.15, -0.1) is 0 Å². The van der Waals surface area contributed by atoms with E-state index >= 15 is 0 Å². The Morgan fingerprint density at radius 1 is 0.926 bits per heavy atom. The summed E-state index contributed by atoms with van der Waals surface area (Å²) in [5.74, 6) is 0.541. The Kier molecular flexibility index (Phi) is 6.31. The van der Waals surface area contributed by atoms with E-state index in [2.05, 4.69) is 15.0 Å². The molecule has 0 bridgehead atoms. The highest BCUT2D eigenvalue weighted by molar-refractivity contribution is 5.43. The summed E-state index contributed by atoms with van der Waals surface area (Å²) in [6.45, 7) is 1.95. The van der Waals surface area contributed by atoms with Crippen molar-refractivity contribution in [1.29, 1.82) is 5.26 Å². The van der Waals surface area contributed by atoms with Gasteiger partial charge >= 0.3 is 0 Å². The molecule has 1 aromatic rings. The topological polar surface area (TPSA) is 151 Å². The number of ether oxygens (including phenoxy) is 4. The molecule has 1 spiro atoms. The van der Waals surface area contributed by atoms with Crippen LogP contribution in [0.4, 0.5) is 11.9 Å². The van der Waals surface area contributed by atoms with Crippen molar-refractivity contribution in [3.05, 3.63) is 24.1 Å². The number of nitriles is 1. The predicted octanol–water partition coefficient (Wildman–Crippen LogP) is 0.641. The maximum Gasteiger partial charge on any atom is 0.225 e. The van der Waals surface area contributed by atoms with Gasteiger partial charge in [0.05, 0.1) is 37.9 Å². The number of rotatable bonds is 5. The monoisotopic (exact) mass is 374 g/mol. The molecule has 2 saturated heterocycles. The zero-order valence-corrected chi connectivity index (χ0v) is 14.8. The van der Waals surface area contributed by atoms with Crippen molar-refractivity contribution >= 4 is 18.0 Å². The summed E-state index contributed by atoms with van der Waals surface area (Å²) in [6, 6.07) is 1.94. The number of nitrogens with zero attached hydrogens (tertiary/aromatic N) is 4. The Labute approximate surface area is 156 Å².